The Hall–Kier alpha value is -4.14. The number of phenolic OH excluding ortho intramolecular Hbond substituents is 1. The molecule has 2 heterocycles. The van der Waals surface area contributed by atoms with Crippen molar-refractivity contribution in [1.29, 1.82) is 0 Å². The molecule has 2 N–H and O–H groups in total. The topological polar surface area (TPSA) is 106 Å². The van der Waals surface area contributed by atoms with E-state index in [9.17, 15) is 14.7 Å². The van der Waals surface area contributed by atoms with Crippen molar-refractivity contribution in [2.75, 3.05) is 5.43 Å². The third-order valence-corrected chi connectivity index (χ3v) is 5.06. The third-order valence-electron chi connectivity index (χ3n) is 5.06. The van der Waals surface area contributed by atoms with Gasteiger partial charge in [0.15, 0.2) is 11.2 Å². The van der Waals surface area contributed by atoms with E-state index in [0.717, 1.165) is 10.1 Å². The summed E-state index contributed by atoms with van der Waals surface area (Å²) in [6, 6.07) is 16.6. The van der Waals surface area contributed by atoms with E-state index in [1.807, 2.05) is 30.3 Å². The number of rotatable bonds is 6. The van der Waals surface area contributed by atoms with Gasteiger partial charge in [-0.3, -0.25) is 13.9 Å². The van der Waals surface area contributed by atoms with E-state index in [0.29, 0.717) is 30.0 Å². The first-order valence-corrected chi connectivity index (χ1v) is 9.74. The molecule has 0 spiro atoms. The lowest BCUT2D eigenvalue weighted by Crippen LogP contribution is -2.37. The van der Waals surface area contributed by atoms with Crippen molar-refractivity contribution < 1.29 is 5.11 Å². The number of nitrogens with zero attached hydrogens (tertiary/aromatic N) is 5. The molecule has 0 aliphatic rings. The quantitative estimate of drug-likeness (QED) is 0.367. The first-order chi connectivity index (χ1) is 15.0. The van der Waals surface area contributed by atoms with Crippen LogP contribution < -0.4 is 16.7 Å². The van der Waals surface area contributed by atoms with Crippen LogP contribution in [0, 0.1) is 0 Å². The molecule has 2 aromatic carbocycles. The molecule has 9 heteroatoms. The van der Waals surface area contributed by atoms with Gasteiger partial charge >= 0.3 is 5.69 Å². The molecule has 9 nitrogen and oxygen atoms in total. The van der Waals surface area contributed by atoms with E-state index in [1.54, 1.807) is 35.9 Å². The first kappa shape index (κ1) is 20.1. The van der Waals surface area contributed by atoms with Gasteiger partial charge in [0.25, 0.3) is 5.56 Å². The van der Waals surface area contributed by atoms with Gasteiger partial charge in [-0.2, -0.15) is 10.1 Å². The Bertz CT molecular complexity index is 1380. The van der Waals surface area contributed by atoms with E-state index in [2.05, 4.69) is 15.5 Å². The fraction of sp³-hybridized carbons (Fsp3) is 0.182. The highest BCUT2D eigenvalue weighted by Gasteiger charge is 2.18. The second-order valence-corrected chi connectivity index (χ2v) is 7.17. The monoisotopic (exact) mass is 418 g/mol. The number of imidazole rings is 1. The smallest absolute Gasteiger partial charge is 0.332 e. The Balaban J connectivity index is 1.75. The normalized spacial score (nSPS) is 11.4. The van der Waals surface area contributed by atoms with Crippen LogP contribution in [0.25, 0.3) is 11.2 Å². The summed E-state index contributed by atoms with van der Waals surface area (Å²) in [5.74, 6) is 0.484. The maximum absolute atomic E-state index is 12.9. The van der Waals surface area contributed by atoms with Gasteiger partial charge in [0, 0.05) is 20.6 Å². The van der Waals surface area contributed by atoms with Crippen LogP contribution >= 0.6 is 0 Å². The predicted octanol–water partition coefficient (Wildman–Crippen LogP) is 1.83. The zero-order valence-electron chi connectivity index (χ0n) is 17.2. The zero-order chi connectivity index (χ0) is 22.0. The van der Waals surface area contributed by atoms with Crippen molar-refractivity contribution >= 4 is 23.3 Å². The van der Waals surface area contributed by atoms with E-state index in [1.165, 1.54) is 17.8 Å². The highest BCUT2D eigenvalue weighted by molar-refractivity contribution is 5.81. The van der Waals surface area contributed by atoms with Crippen molar-refractivity contribution in [1.82, 2.24) is 18.7 Å². The summed E-state index contributed by atoms with van der Waals surface area (Å²) < 4.78 is 4.16. The molecule has 0 aliphatic carbocycles. The molecule has 0 saturated carbocycles. The van der Waals surface area contributed by atoms with Crippen LogP contribution in [-0.2, 0) is 27.1 Å². The number of hydrogen-bond acceptors (Lipinski definition) is 6. The SMILES string of the molecule is Cn1c(=O)c2c(nc(NN=Cc3cccc(O)c3)n2CCc2ccccc2)n(C)c1=O. The average Bonchev–Trinajstić information content (AvgIpc) is 3.14. The lowest BCUT2D eigenvalue weighted by molar-refractivity contribution is 0.475. The highest BCUT2D eigenvalue weighted by Crippen LogP contribution is 2.17. The molecular weight excluding hydrogens is 396 g/mol. The minimum atomic E-state index is -0.444. The maximum atomic E-state index is 12.9. The lowest BCUT2D eigenvalue weighted by atomic mass is 10.1. The highest BCUT2D eigenvalue weighted by atomic mass is 16.3. The van der Waals surface area contributed by atoms with Gasteiger partial charge in [-0.25, -0.2) is 10.2 Å². The molecule has 31 heavy (non-hydrogen) atoms. The average molecular weight is 418 g/mol. The Labute approximate surface area is 177 Å². The van der Waals surface area contributed by atoms with E-state index in [4.69, 9.17) is 0 Å². The number of nitrogens with one attached hydrogen (secondary N) is 1. The fourth-order valence-corrected chi connectivity index (χ4v) is 3.40. The Morgan fingerprint density at radius 2 is 1.84 bits per heavy atom. The largest absolute Gasteiger partial charge is 0.508 e. The van der Waals surface area contributed by atoms with Gasteiger partial charge in [-0.15, -0.1) is 0 Å². The van der Waals surface area contributed by atoms with Gasteiger partial charge in [-0.1, -0.05) is 42.5 Å². The minimum absolute atomic E-state index is 0.137. The van der Waals surface area contributed by atoms with Gasteiger partial charge in [0.2, 0.25) is 5.95 Å². The molecule has 4 aromatic rings. The Morgan fingerprint density at radius 3 is 2.58 bits per heavy atom. The van der Waals surface area contributed by atoms with Crippen LogP contribution in [0.3, 0.4) is 0 Å². The molecule has 2 aromatic heterocycles. The van der Waals surface area contributed by atoms with Gasteiger partial charge in [-0.05, 0) is 29.7 Å². The molecule has 0 bridgehead atoms. The summed E-state index contributed by atoms with van der Waals surface area (Å²) >= 11 is 0. The van der Waals surface area contributed by atoms with Gasteiger partial charge in [0.1, 0.15) is 5.75 Å². The number of aryl methyl sites for hydroxylation is 3. The van der Waals surface area contributed by atoms with Gasteiger partial charge in [0.05, 0.1) is 6.21 Å². The van der Waals surface area contributed by atoms with Crippen LogP contribution in [0.15, 0.2) is 69.3 Å². The van der Waals surface area contributed by atoms with Crippen LogP contribution in [-0.4, -0.2) is 30.0 Å². The summed E-state index contributed by atoms with van der Waals surface area (Å²) in [5.41, 5.74) is 4.44. The molecule has 158 valence electrons. The summed E-state index contributed by atoms with van der Waals surface area (Å²) in [4.78, 5) is 29.7. The van der Waals surface area contributed by atoms with E-state index >= 15 is 0 Å². The molecule has 0 amide bonds. The molecule has 4 rings (SSSR count). The molecular formula is C22H22N6O3. The number of phenols is 1. The summed E-state index contributed by atoms with van der Waals surface area (Å²) in [7, 11) is 3.03. The predicted molar refractivity (Wildman–Crippen MR) is 120 cm³/mol. The lowest BCUT2D eigenvalue weighted by Gasteiger charge is -2.09. The standard InChI is InChI=1S/C22H22N6O3/c1-26-19-18(20(30)27(2)22(26)31)28(12-11-15-7-4-3-5-8-15)21(24-19)25-23-14-16-9-6-10-17(29)13-16/h3-10,13-14,29H,11-12H2,1-2H3,(H,24,25). The molecule has 0 saturated heterocycles. The van der Waals surface area contributed by atoms with Crippen LogP contribution in [0.1, 0.15) is 11.1 Å². The molecule has 0 fully saturated rings. The van der Waals surface area contributed by atoms with Crippen molar-refractivity contribution in [2.45, 2.75) is 13.0 Å². The molecule has 0 radical (unpaired) electrons. The van der Waals surface area contributed by atoms with Crippen molar-refractivity contribution in [3.05, 3.63) is 86.6 Å². The minimum Gasteiger partial charge on any atom is -0.508 e. The number of fused-ring (bicyclic) bond motifs is 1. The van der Waals surface area contributed by atoms with E-state index < -0.39 is 11.2 Å². The van der Waals surface area contributed by atoms with Crippen molar-refractivity contribution in [3.63, 3.8) is 0 Å². The van der Waals surface area contributed by atoms with Crippen molar-refractivity contribution in [3.8, 4) is 5.75 Å². The zero-order valence-corrected chi connectivity index (χ0v) is 17.2. The Kier molecular flexibility index (Phi) is 5.40. The van der Waals surface area contributed by atoms with Crippen LogP contribution in [0.2, 0.25) is 0 Å². The first-order valence-electron chi connectivity index (χ1n) is 9.74. The second-order valence-electron chi connectivity index (χ2n) is 7.17. The fourth-order valence-electron chi connectivity index (χ4n) is 3.40. The third kappa shape index (κ3) is 3.97. The van der Waals surface area contributed by atoms with Crippen LogP contribution in [0.5, 0.6) is 5.75 Å². The van der Waals surface area contributed by atoms with Gasteiger partial charge < -0.3 is 9.67 Å². The molecule has 0 unspecified atom stereocenters. The molecule has 0 aliphatic heterocycles. The number of hydrogen-bond donors (Lipinski definition) is 2. The number of hydrazone groups is 1. The van der Waals surface area contributed by atoms with Crippen molar-refractivity contribution in [2.24, 2.45) is 19.2 Å². The summed E-state index contributed by atoms with van der Waals surface area (Å²) in [5, 5.41) is 13.8. The number of anilines is 1. The summed E-state index contributed by atoms with van der Waals surface area (Å²) in [6.45, 7) is 0.470. The number of aromatic nitrogens is 4. The summed E-state index contributed by atoms with van der Waals surface area (Å²) in [6.07, 6.45) is 2.21. The maximum Gasteiger partial charge on any atom is 0.332 e. The molecule has 0 atom stereocenters. The van der Waals surface area contributed by atoms with E-state index in [-0.39, 0.29) is 11.4 Å². The number of aromatic hydroxyl groups is 1. The second kappa shape index (κ2) is 8.31. The van der Waals surface area contributed by atoms with Crippen LogP contribution in [0.4, 0.5) is 5.95 Å². The Morgan fingerprint density at radius 1 is 1.06 bits per heavy atom. The number of benzene rings is 2.